The van der Waals surface area contributed by atoms with Gasteiger partial charge in [-0.05, 0) is 61.2 Å². The summed E-state index contributed by atoms with van der Waals surface area (Å²) < 4.78 is 24.8. The topological polar surface area (TPSA) is 110 Å². The van der Waals surface area contributed by atoms with E-state index in [0.29, 0.717) is 28.6 Å². The maximum Gasteiger partial charge on any atom is 0.248 e. The van der Waals surface area contributed by atoms with Crippen molar-refractivity contribution in [1.82, 2.24) is 10.3 Å². The van der Waals surface area contributed by atoms with Crippen LogP contribution in [0, 0.1) is 5.82 Å². The maximum absolute atomic E-state index is 14.0. The number of ether oxygens (including phenoxy) is 2. The summed E-state index contributed by atoms with van der Waals surface area (Å²) in [5.41, 5.74) is 0.799. The molecule has 1 aromatic heterocycles. The zero-order valence-corrected chi connectivity index (χ0v) is 23.3. The number of methoxy groups -OCH3 is 2. The highest BCUT2D eigenvalue weighted by Crippen LogP contribution is 2.38. The van der Waals surface area contributed by atoms with Crippen LogP contribution in [0.25, 0.3) is 0 Å². The SMILES string of the molecule is COc1ccc(N(C(=O)CCCC(=O)Nc2ccccn2)C(C(=O)NC2CCCC2)c2ccc(F)cc2)c(OC)c1. The normalized spacial score (nSPS) is 13.7. The summed E-state index contributed by atoms with van der Waals surface area (Å²) in [5, 5.41) is 5.81. The van der Waals surface area contributed by atoms with E-state index in [0.717, 1.165) is 25.7 Å². The van der Waals surface area contributed by atoms with Crippen LogP contribution < -0.4 is 25.0 Å². The molecule has 1 aliphatic carbocycles. The first kappa shape index (κ1) is 29.5. The molecule has 0 spiro atoms. The van der Waals surface area contributed by atoms with Gasteiger partial charge in [-0.15, -0.1) is 0 Å². The van der Waals surface area contributed by atoms with Crippen LogP contribution in [0.15, 0.2) is 66.9 Å². The lowest BCUT2D eigenvalue weighted by Gasteiger charge is -2.33. The Morgan fingerprint density at radius 1 is 1.00 bits per heavy atom. The molecule has 0 saturated heterocycles. The van der Waals surface area contributed by atoms with Crippen LogP contribution in [0.5, 0.6) is 11.5 Å². The second kappa shape index (κ2) is 14.2. The van der Waals surface area contributed by atoms with Crippen molar-refractivity contribution < 1.29 is 28.2 Å². The molecule has 216 valence electrons. The average molecular weight is 563 g/mol. The van der Waals surface area contributed by atoms with Crippen LogP contribution in [0.2, 0.25) is 0 Å². The quantitative estimate of drug-likeness (QED) is 0.315. The molecule has 1 fully saturated rings. The van der Waals surface area contributed by atoms with Gasteiger partial charge in [-0.2, -0.15) is 0 Å². The first-order valence-electron chi connectivity index (χ1n) is 13.7. The lowest BCUT2D eigenvalue weighted by atomic mass is 10.0. The molecule has 1 atom stereocenters. The molecule has 1 saturated carbocycles. The van der Waals surface area contributed by atoms with Crippen LogP contribution in [-0.4, -0.2) is 43.0 Å². The molecule has 0 bridgehead atoms. The minimum absolute atomic E-state index is 0.00421. The maximum atomic E-state index is 14.0. The number of nitrogens with zero attached hydrogens (tertiary/aromatic N) is 2. The average Bonchev–Trinajstić information content (AvgIpc) is 3.49. The summed E-state index contributed by atoms with van der Waals surface area (Å²) in [6.45, 7) is 0. The smallest absolute Gasteiger partial charge is 0.248 e. The Kier molecular flexibility index (Phi) is 10.3. The molecule has 0 aliphatic heterocycles. The molecule has 1 heterocycles. The number of anilines is 2. The van der Waals surface area contributed by atoms with Crippen molar-refractivity contribution in [3.05, 3.63) is 78.2 Å². The lowest BCUT2D eigenvalue weighted by molar-refractivity contribution is -0.127. The molecule has 3 aromatic rings. The van der Waals surface area contributed by atoms with E-state index in [-0.39, 0.29) is 37.1 Å². The highest BCUT2D eigenvalue weighted by Gasteiger charge is 2.35. The van der Waals surface area contributed by atoms with E-state index in [1.54, 1.807) is 42.6 Å². The zero-order chi connectivity index (χ0) is 29.2. The number of pyridine rings is 1. The Morgan fingerprint density at radius 3 is 2.41 bits per heavy atom. The largest absolute Gasteiger partial charge is 0.497 e. The van der Waals surface area contributed by atoms with Gasteiger partial charge in [0.05, 0.1) is 19.9 Å². The number of hydrogen-bond acceptors (Lipinski definition) is 6. The fraction of sp³-hybridized carbons (Fsp3) is 0.355. The molecular weight excluding hydrogens is 527 g/mol. The van der Waals surface area contributed by atoms with Gasteiger partial charge in [0.1, 0.15) is 29.2 Å². The van der Waals surface area contributed by atoms with Crippen molar-refractivity contribution in [3.63, 3.8) is 0 Å². The van der Waals surface area contributed by atoms with Crippen LogP contribution in [0.3, 0.4) is 0 Å². The third-order valence-electron chi connectivity index (χ3n) is 7.04. The molecule has 1 unspecified atom stereocenters. The van der Waals surface area contributed by atoms with Crippen molar-refractivity contribution in [2.45, 2.75) is 57.0 Å². The van der Waals surface area contributed by atoms with E-state index >= 15 is 0 Å². The number of carbonyl (C=O) groups is 3. The standard InChI is InChI=1S/C31H35FN4O5/c1-40-24-17-18-25(26(20-24)41-2)36(29(38)12-7-11-28(37)35-27-10-5-6-19-33-27)30(21-13-15-22(32)16-14-21)31(39)34-23-8-3-4-9-23/h5-6,10,13-20,23,30H,3-4,7-9,11-12H2,1-2H3,(H,34,39)(H,33,35,37). The van der Waals surface area contributed by atoms with Crippen molar-refractivity contribution in [2.75, 3.05) is 24.4 Å². The first-order valence-corrected chi connectivity index (χ1v) is 13.7. The molecule has 2 aromatic carbocycles. The highest BCUT2D eigenvalue weighted by atomic mass is 19.1. The number of halogens is 1. The molecule has 0 radical (unpaired) electrons. The Hall–Kier alpha value is -4.47. The molecule has 9 nitrogen and oxygen atoms in total. The fourth-order valence-corrected chi connectivity index (χ4v) is 4.98. The van der Waals surface area contributed by atoms with Gasteiger partial charge in [-0.25, -0.2) is 9.37 Å². The number of amides is 3. The molecular formula is C31H35FN4O5. The number of carbonyl (C=O) groups excluding carboxylic acids is 3. The van der Waals surface area contributed by atoms with E-state index in [2.05, 4.69) is 15.6 Å². The van der Waals surface area contributed by atoms with Gasteiger partial charge in [-0.1, -0.05) is 31.0 Å². The van der Waals surface area contributed by atoms with Crippen LogP contribution in [0.1, 0.15) is 56.6 Å². The third kappa shape index (κ3) is 7.81. The minimum atomic E-state index is -1.10. The Balaban J connectivity index is 1.64. The summed E-state index contributed by atoms with van der Waals surface area (Å²) >= 11 is 0. The van der Waals surface area contributed by atoms with Gasteiger partial charge >= 0.3 is 0 Å². The van der Waals surface area contributed by atoms with Gasteiger partial charge in [0.2, 0.25) is 17.7 Å². The van der Waals surface area contributed by atoms with Gasteiger partial charge in [0.15, 0.2) is 0 Å². The predicted octanol–water partition coefficient (Wildman–Crippen LogP) is 5.18. The van der Waals surface area contributed by atoms with E-state index in [1.165, 1.54) is 43.4 Å². The third-order valence-corrected chi connectivity index (χ3v) is 7.04. The van der Waals surface area contributed by atoms with Gasteiger partial charge in [-0.3, -0.25) is 19.3 Å². The van der Waals surface area contributed by atoms with Gasteiger partial charge < -0.3 is 20.1 Å². The van der Waals surface area contributed by atoms with Crippen molar-refractivity contribution in [3.8, 4) is 11.5 Å². The fourth-order valence-electron chi connectivity index (χ4n) is 4.98. The Morgan fingerprint density at radius 2 is 1.76 bits per heavy atom. The van der Waals surface area contributed by atoms with E-state index < -0.39 is 17.8 Å². The van der Waals surface area contributed by atoms with Gasteiger partial charge in [0, 0.05) is 31.1 Å². The van der Waals surface area contributed by atoms with Crippen molar-refractivity contribution in [2.24, 2.45) is 0 Å². The Labute approximate surface area is 239 Å². The summed E-state index contributed by atoms with van der Waals surface area (Å²) in [5.74, 6) is -0.239. The van der Waals surface area contributed by atoms with Crippen molar-refractivity contribution in [1.29, 1.82) is 0 Å². The molecule has 4 rings (SSSR count). The lowest BCUT2D eigenvalue weighted by Crippen LogP contribution is -2.46. The van der Waals surface area contributed by atoms with E-state index in [4.69, 9.17) is 9.47 Å². The van der Waals surface area contributed by atoms with Crippen LogP contribution >= 0.6 is 0 Å². The predicted molar refractivity (Wildman–Crippen MR) is 153 cm³/mol. The van der Waals surface area contributed by atoms with Gasteiger partial charge in [0.25, 0.3) is 0 Å². The number of hydrogen-bond donors (Lipinski definition) is 2. The molecule has 3 amide bonds. The zero-order valence-electron chi connectivity index (χ0n) is 23.3. The van der Waals surface area contributed by atoms with Crippen molar-refractivity contribution >= 4 is 29.2 Å². The summed E-state index contributed by atoms with van der Waals surface area (Å²) in [4.78, 5) is 45.8. The number of nitrogens with one attached hydrogen (secondary N) is 2. The number of benzene rings is 2. The summed E-state index contributed by atoms with van der Waals surface area (Å²) in [6, 6.07) is 14.6. The summed E-state index contributed by atoms with van der Waals surface area (Å²) in [6.07, 6.45) is 5.59. The second-order valence-electron chi connectivity index (χ2n) is 9.86. The van der Waals surface area contributed by atoms with Crippen LogP contribution in [-0.2, 0) is 14.4 Å². The monoisotopic (exact) mass is 562 g/mol. The number of rotatable bonds is 12. The van der Waals surface area contributed by atoms with E-state index in [9.17, 15) is 18.8 Å². The van der Waals surface area contributed by atoms with Crippen LogP contribution in [0.4, 0.5) is 15.9 Å². The first-order chi connectivity index (χ1) is 19.9. The Bertz CT molecular complexity index is 1330. The summed E-state index contributed by atoms with van der Waals surface area (Å²) in [7, 11) is 2.98. The van der Waals surface area contributed by atoms with E-state index in [1.807, 2.05) is 0 Å². The minimum Gasteiger partial charge on any atom is -0.497 e. The molecule has 10 heteroatoms. The molecule has 1 aliphatic rings. The highest BCUT2D eigenvalue weighted by molar-refractivity contribution is 6.02. The second-order valence-corrected chi connectivity index (χ2v) is 9.86. The molecule has 2 N–H and O–H groups in total. The number of aromatic nitrogens is 1. The molecule has 41 heavy (non-hydrogen) atoms.